The molecule has 0 fully saturated rings. The number of sulfonamides is 1. The maximum absolute atomic E-state index is 12.0. The summed E-state index contributed by atoms with van der Waals surface area (Å²) in [6, 6.07) is 12.1. The molecule has 9 nitrogen and oxygen atoms in total. The minimum absolute atomic E-state index is 0.212. The monoisotopic (exact) mass is 411 g/mol. The lowest BCUT2D eigenvalue weighted by Crippen LogP contribution is -2.36. The standard InChI is InChI=1S/C19H17N5O4S/c1-29(27,28)24-12-4-2-11(3-5-12)9-20-16-17(19(26)18(16)25)23-13-6-7-14-15(8-13)22-10-21-14/h2-8,10,20,23-24H,9H2,1H3,(H,21,22). The van der Waals surface area contributed by atoms with E-state index in [4.69, 9.17) is 0 Å². The van der Waals surface area contributed by atoms with Crippen LogP contribution < -0.4 is 26.2 Å². The molecule has 0 atom stereocenters. The van der Waals surface area contributed by atoms with Crippen LogP contribution in [0.3, 0.4) is 0 Å². The minimum atomic E-state index is -3.34. The fourth-order valence-electron chi connectivity index (χ4n) is 2.93. The van der Waals surface area contributed by atoms with Gasteiger partial charge in [-0.25, -0.2) is 13.4 Å². The molecule has 148 valence electrons. The number of benzene rings is 2. The Balaban J connectivity index is 1.47. The molecule has 10 heteroatoms. The van der Waals surface area contributed by atoms with Gasteiger partial charge in [0.05, 0.1) is 23.6 Å². The van der Waals surface area contributed by atoms with E-state index in [0.29, 0.717) is 17.9 Å². The number of hydrogen-bond acceptors (Lipinski definition) is 7. The third-order valence-corrected chi connectivity index (χ3v) is 4.93. The molecule has 0 saturated heterocycles. The molecule has 0 saturated carbocycles. The molecule has 29 heavy (non-hydrogen) atoms. The lowest BCUT2D eigenvalue weighted by atomic mass is 10.1. The highest BCUT2D eigenvalue weighted by molar-refractivity contribution is 7.92. The van der Waals surface area contributed by atoms with E-state index in [-0.39, 0.29) is 11.4 Å². The predicted octanol–water partition coefficient (Wildman–Crippen LogP) is 1.89. The minimum Gasteiger partial charge on any atom is -0.376 e. The number of fused-ring (bicyclic) bond motifs is 1. The number of anilines is 4. The molecular formula is C19H17N5O4S. The van der Waals surface area contributed by atoms with Crippen molar-refractivity contribution in [3.8, 4) is 0 Å². The normalized spacial score (nSPS) is 11.6. The lowest BCUT2D eigenvalue weighted by molar-refractivity contribution is 0.607. The molecule has 1 aromatic heterocycles. The summed E-state index contributed by atoms with van der Waals surface area (Å²) in [5, 5.41) is 5.96. The Hall–Kier alpha value is -3.66. The first-order valence-corrected chi connectivity index (χ1v) is 10.5. The molecule has 0 aliphatic carbocycles. The highest BCUT2D eigenvalue weighted by atomic mass is 32.2. The molecule has 4 rings (SSSR count). The summed E-state index contributed by atoms with van der Waals surface area (Å²) < 4.78 is 24.9. The van der Waals surface area contributed by atoms with Gasteiger partial charge in [-0.05, 0) is 35.9 Å². The topological polar surface area (TPSA) is 133 Å². The van der Waals surface area contributed by atoms with E-state index in [1.807, 2.05) is 0 Å². The van der Waals surface area contributed by atoms with Gasteiger partial charge >= 0.3 is 0 Å². The number of rotatable bonds is 7. The van der Waals surface area contributed by atoms with Crippen LogP contribution in [0, 0.1) is 0 Å². The summed E-state index contributed by atoms with van der Waals surface area (Å²) >= 11 is 0. The van der Waals surface area contributed by atoms with Crippen LogP contribution in [0.1, 0.15) is 5.56 Å². The van der Waals surface area contributed by atoms with Gasteiger partial charge in [0.15, 0.2) is 0 Å². The molecule has 0 amide bonds. The van der Waals surface area contributed by atoms with Gasteiger partial charge < -0.3 is 15.6 Å². The van der Waals surface area contributed by atoms with Crippen molar-refractivity contribution in [3.05, 3.63) is 74.8 Å². The van der Waals surface area contributed by atoms with Crippen LogP contribution in [0.25, 0.3) is 11.0 Å². The third kappa shape index (κ3) is 3.97. The number of hydrogen-bond donors (Lipinski definition) is 4. The van der Waals surface area contributed by atoms with Gasteiger partial charge in [-0.3, -0.25) is 14.3 Å². The smallest absolute Gasteiger partial charge is 0.253 e. The number of H-pyrrole nitrogens is 1. The maximum Gasteiger partial charge on any atom is 0.253 e. The molecule has 4 aromatic rings. The van der Waals surface area contributed by atoms with Crippen molar-refractivity contribution in [2.24, 2.45) is 0 Å². The Kier molecular flexibility index (Phi) is 4.55. The first-order chi connectivity index (χ1) is 13.8. The van der Waals surface area contributed by atoms with Gasteiger partial charge in [0.25, 0.3) is 10.9 Å². The van der Waals surface area contributed by atoms with E-state index >= 15 is 0 Å². The first-order valence-electron chi connectivity index (χ1n) is 8.64. The molecule has 0 spiro atoms. The summed E-state index contributed by atoms with van der Waals surface area (Å²) in [6.45, 7) is 0.304. The Morgan fingerprint density at radius 1 is 0.966 bits per heavy atom. The average Bonchev–Trinajstić information content (AvgIpc) is 3.15. The Bertz CT molecular complexity index is 1370. The van der Waals surface area contributed by atoms with Crippen molar-refractivity contribution in [1.29, 1.82) is 0 Å². The van der Waals surface area contributed by atoms with E-state index in [2.05, 4.69) is 25.3 Å². The summed E-state index contributed by atoms with van der Waals surface area (Å²) in [4.78, 5) is 31.1. The van der Waals surface area contributed by atoms with Gasteiger partial charge in [0, 0.05) is 17.9 Å². The molecule has 1 heterocycles. The largest absolute Gasteiger partial charge is 0.376 e. The van der Waals surface area contributed by atoms with E-state index in [9.17, 15) is 18.0 Å². The number of imidazole rings is 1. The third-order valence-electron chi connectivity index (χ3n) is 4.33. The van der Waals surface area contributed by atoms with E-state index in [1.165, 1.54) is 0 Å². The van der Waals surface area contributed by atoms with Gasteiger partial charge in [-0.1, -0.05) is 12.1 Å². The lowest BCUT2D eigenvalue weighted by Gasteiger charge is -2.15. The highest BCUT2D eigenvalue weighted by Crippen LogP contribution is 2.23. The molecule has 0 aliphatic rings. The second-order valence-electron chi connectivity index (χ2n) is 6.59. The van der Waals surface area contributed by atoms with Gasteiger partial charge in [-0.15, -0.1) is 0 Å². The summed E-state index contributed by atoms with van der Waals surface area (Å²) in [6.07, 6.45) is 2.65. The van der Waals surface area contributed by atoms with Gasteiger partial charge in [0.2, 0.25) is 10.0 Å². The maximum atomic E-state index is 12.0. The van der Waals surface area contributed by atoms with Crippen molar-refractivity contribution < 1.29 is 8.42 Å². The molecule has 3 aromatic carbocycles. The molecule has 4 N–H and O–H groups in total. The second kappa shape index (κ2) is 7.06. The van der Waals surface area contributed by atoms with Crippen LogP contribution in [0.15, 0.2) is 58.4 Å². The number of aromatic amines is 1. The van der Waals surface area contributed by atoms with Gasteiger partial charge in [-0.2, -0.15) is 0 Å². The Labute approximate surface area is 165 Å². The van der Waals surface area contributed by atoms with Crippen LogP contribution in [0.2, 0.25) is 0 Å². The zero-order chi connectivity index (χ0) is 20.6. The summed E-state index contributed by atoms with van der Waals surface area (Å²) in [5.41, 5.74) is 2.81. The zero-order valence-corrected chi connectivity index (χ0v) is 16.1. The van der Waals surface area contributed by atoms with E-state index in [1.54, 1.807) is 48.8 Å². The molecule has 0 aliphatic heterocycles. The first kappa shape index (κ1) is 18.7. The average molecular weight is 411 g/mol. The van der Waals surface area contributed by atoms with Crippen LogP contribution in [0.4, 0.5) is 22.7 Å². The SMILES string of the molecule is CS(=O)(=O)Nc1ccc(CNc2c(Nc3ccc4nc[nH]c4c3)c(=O)c2=O)cc1. The summed E-state index contributed by atoms with van der Waals surface area (Å²) in [5.74, 6) is 0. The molecular weight excluding hydrogens is 394 g/mol. The fraction of sp³-hybridized carbons (Fsp3) is 0.105. The van der Waals surface area contributed by atoms with Crippen LogP contribution in [0.5, 0.6) is 0 Å². The number of nitrogens with zero attached hydrogens (tertiary/aromatic N) is 1. The highest BCUT2D eigenvalue weighted by Gasteiger charge is 2.21. The van der Waals surface area contributed by atoms with Crippen LogP contribution in [-0.2, 0) is 16.6 Å². The zero-order valence-electron chi connectivity index (χ0n) is 15.3. The quantitative estimate of drug-likeness (QED) is 0.341. The fourth-order valence-corrected chi connectivity index (χ4v) is 3.50. The van der Waals surface area contributed by atoms with Crippen molar-refractivity contribution >= 4 is 43.8 Å². The number of nitrogens with one attached hydrogen (secondary N) is 4. The van der Waals surface area contributed by atoms with E-state index < -0.39 is 20.9 Å². The van der Waals surface area contributed by atoms with Gasteiger partial charge in [0.1, 0.15) is 11.4 Å². The van der Waals surface area contributed by atoms with Crippen molar-refractivity contribution in [2.45, 2.75) is 6.54 Å². The van der Waals surface area contributed by atoms with Crippen LogP contribution in [-0.4, -0.2) is 24.6 Å². The van der Waals surface area contributed by atoms with E-state index in [0.717, 1.165) is 22.9 Å². The van der Waals surface area contributed by atoms with Crippen LogP contribution >= 0.6 is 0 Å². The van der Waals surface area contributed by atoms with Crippen molar-refractivity contribution in [3.63, 3.8) is 0 Å². The Morgan fingerprint density at radius 3 is 2.38 bits per heavy atom. The molecule has 0 bridgehead atoms. The number of aromatic nitrogens is 2. The van der Waals surface area contributed by atoms with Crippen molar-refractivity contribution in [1.82, 2.24) is 9.97 Å². The molecule has 0 unspecified atom stereocenters. The summed E-state index contributed by atoms with van der Waals surface area (Å²) in [7, 11) is -3.34. The Morgan fingerprint density at radius 2 is 1.66 bits per heavy atom. The van der Waals surface area contributed by atoms with Crippen molar-refractivity contribution in [2.75, 3.05) is 21.6 Å². The second-order valence-corrected chi connectivity index (χ2v) is 8.34. The molecule has 0 radical (unpaired) electrons. The predicted molar refractivity (Wildman–Crippen MR) is 113 cm³/mol.